The van der Waals surface area contributed by atoms with Crippen LogP contribution in [0.3, 0.4) is 0 Å². The number of benzene rings is 4. The van der Waals surface area contributed by atoms with Gasteiger partial charge in [0, 0.05) is 6.08 Å². The van der Waals surface area contributed by atoms with E-state index in [-0.39, 0.29) is 35.6 Å². The minimum atomic E-state index is -6.16. The van der Waals surface area contributed by atoms with Crippen molar-refractivity contribution in [1.29, 1.82) is 0 Å². The van der Waals surface area contributed by atoms with Crippen LogP contribution >= 0.6 is 0 Å². The Kier molecular flexibility index (Phi) is 11.7. The molecule has 0 aliphatic carbocycles. The van der Waals surface area contributed by atoms with Crippen LogP contribution in [0.25, 0.3) is 16.5 Å². The van der Waals surface area contributed by atoms with Gasteiger partial charge in [-0.3, -0.25) is 4.90 Å². The van der Waals surface area contributed by atoms with Gasteiger partial charge in [-0.1, -0.05) is 60.7 Å². The number of carbonyl (C=O) groups excluding carboxylic acids is 2. The van der Waals surface area contributed by atoms with E-state index in [2.05, 4.69) is 0 Å². The Balaban J connectivity index is 1.28. The van der Waals surface area contributed by atoms with Crippen molar-refractivity contribution in [2.24, 2.45) is 0 Å². The van der Waals surface area contributed by atoms with Gasteiger partial charge in [-0.05, 0) is 113 Å². The lowest BCUT2D eigenvalue weighted by Gasteiger charge is -2.35. The lowest BCUT2D eigenvalue weighted by molar-refractivity contribution is -0.0510. The molecule has 0 spiro atoms. The number of esters is 1. The van der Waals surface area contributed by atoms with Crippen molar-refractivity contribution in [2.45, 2.75) is 103 Å². The molecule has 314 valence electrons. The number of amides is 1. The molecule has 2 aliphatic heterocycles. The molecule has 0 unspecified atom stereocenters. The summed E-state index contributed by atoms with van der Waals surface area (Å²) in [6, 6.07) is 22.0. The summed E-state index contributed by atoms with van der Waals surface area (Å²) in [5.41, 5.74) is -5.51. The Morgan fingerprint density at radius 3 is 2.24 bits per heavy atom. The molecule has 1 amide bonds. The van der Waals surface area contributed by atoms with Crippen LogP contribution in [0.4, 0.5) is 18.0 Å². The van der Waals surface area contributed by atoms with Gasteiger partial charge in [-0.25, -0.2) is 9.59 Å². The molecule has 59 heavy (non-hydrogen) atoms. The Morgan fingerprint density at radius 2 is 1.58 bits per heavy atom. The van der Waals surface area contributed by atoms with Gasteiger partial charge >= 0.3 is 34.8 Å². The number of alkyl halides is 3. The molecule has 16 heteroatoms. The molecule has 0 bridgehead atoms. The topological polar surface area (TPSA) is 127 Å². The number of nitrogens with zero attached hydrogens (tertiary/aromatic N) is 1. The molecule has 2 heterocycles. The number of rotatable bonds is 10. The van der Waals surface area contributed by atoms with Crippen LogP contribution in [0, 0.1) is 6.92 Å². The lowest BCUT2D eigenvalue weighted by Crippen LogP contribution is -2.44. The van der Waals surface area contributed by atoms with Crippen LogP contribution < -0.4 is 10.2 Å². The van der Waals surface area contributed by atoms with Gasteiger partial charge in [0.15, 0.2) is 5.76 Å². The minimum Gasteiger partial charge on any atom is -0.484 e. The highest BCUT2D eigenvalue weighted by Crippen LogP contribution is 2.40. The van der Waals surface area contributed by atoms with Gasteiger partial charge in [-0.2, -0.15) is 21.6 Å². The van der Waals surface area contributed by atoms with Gasteiger partial charge in [0.25, 0.3) is 0 Å². The third kappa shape index (κ3) is 9.39. The third-order valence-corrected chi connectivity index (χ3v) is 11.5. The third-order valence-electron chi connectivity index (χ3n) is 10.5. The van der Waals surface area contributed by atoms with E-state index in [1.807, 2.05) is 70.2 Å². The number of hydrogen-bond acceptors (Lipinski definition) is 10. The van der Waals surface area contributed by atoms with Crippen molar-refractivity contribution >= 4 is 51.3 Å². The van der Waals surface area contributed by atoms with E-state index in [9.17, 15) is 31.2 Å². The lowest BCUT2D eigenvalue weighted by atomic mass is 9.78. The molecule has 4 aromatic carbocycles. The molecule has 11 nitrogen and oxygen atoms in total. The average Bonchev–Trinajstić information content (AvgIpc) is 3.36. The fourth-order valence-electron chi connectivity index (χ4n) is 6.65. The molecule has 1 fully saturated rings. The summed E-state index contributed by atoms with van der Waals surface area (Å²) in [5.74, 6) is -1.41. The Morgan fingerprint density at radius 1 is 0.915 bits per heavy atom. The Labute approximate surface area is 342 Å². The first-order chi connectivity index (χ1) is 27.4. The smallest absolute Gasteiger partial charge is 0.484 e. The van der Waals surface area contributed by atoms with Crippen molar-refractivity contribution < 1.29 is 58.9 Å². The van der Waals surface area contributed by atoms with Crippen LogP contribution in [-0.4, -0.2) is 67.5 Å². The zero-order valence-electron chi connectivity index (χ0n) is 34.3. The van der Waals surface area contributed by atoms with Crippen LogP contribution in [0.2, 0.25) is 0 Å². The molecule has 2 atom stereocenters. The summed E-state index contributed by atoms with van der Waals surface area (Å²) >= 11 is 0. The van der Waals surface area contributed by atoms with E-state index >= 15 is 0 Å². The minimum absolute atomic E-state index is 0.0344. The predicted octanol–water partition coefficient (Wildman–Crippen LogP) is 8.77. The van der Waals surface area contributed by atoms with Gasteiger partial charge in [-0.15, -0.1) is 0 Å². The molecule has 2 aliphatic rings. The largest absolute Gasteiger partial charge is 0.534 e. The van der Waals surface area contributed by atoms with Gasteiger partial charge in [0.05, 0.1) is 34.9 Å². The molecule has 4 aromatic rings. The summed E-state index contributed by atoms with van der Waals surface area (Å²) in [7, 11) is -6.89. The van der Waals surface area contributed by atoms with Crippen LogP contribution in [0.15, 0.2) is 84.9 Å². The molecule has 1 saturated heterocycles. The van der Waals surface area contributed by atoms with Crippen LogP contribution in [0.1, 0.15) is 94.0 Å². The number of ether oxygens (including phenoxy) is 3. The normalized spacial score (nSPS) is 18.0. The summed E-state index contributed by atoms with van der Waals surface area (Å²) < 4.78 is 101. The van der Waals surface area contributed by atoms with E-state index < -0.39 is 69.5 Å². The molecule has 0 saturated carbocycles. The zero-order valence-corrected chi connectivity index (χ0v) is 35.1. The Bertz CT molecular complexity index is 2390. The first-order valence-electron chi connectivity index (χ1n) is 19.0. The number of fused-ring (bicyclic) bond motifs is 2. The highest BCUT2D eigenvalue weighted by atomic mass is 32.2. The quantitative estimate of drug-likeness (QED) is 0.0662. The number of halogens is 3. The Hall–Kier alpha value is -5.06. The molecule has 6 rings (SSSR count). The van der Waals surface area contributed by atoms with Crippen LogP contribution in [0.5, 0.6) is 5.75 Å². The first-order valence-corrected chi connectivity index (χ1v) is 20.4. The molecular formula is C43H47BF3NO10S. The summed E-state index contributed by atoms with van der Waals surface area (Å²) in [6.45, 7) is 15.6. The van der Waals surface area contributed by atoms with E-state index in [0.717, 1.165) is 22.4 Å². The van der Waals surface area contributed by atoms with Crippen molar-refractivity contribution in [3.8, 4) is 5.75 Å². The number of aryl methyl sites for hydroxylation is 1. The summed E-state index contributed by atoms with van der Waals surface area (Å²) in [6.07, 6.45) is -0.868. The van der Waals surface area contributed by atoms with Gasteiger partial charge < -0.3 is 27.7 Å². The van der Waals surface area contributed by atoms with Gasteiger partial charge in [0.2, 0.25) is 0 Å². The van der Waals surface area contributed by atoms with Crippen molar-refractivity contribution in [3.05, 3.63) is 113 Å². The van der Waals surface area contributed by atoms with E-state index in [1.54, 1.807) is 52.8 Å². The highest BCUT2D eigenvalue weighted by molar-refractivity contribution is 7.87. The maximum atomic E-state index is 13.8. The van der Waals surface area contributed by atoms with E-state index in [0.29, 0.717) is 11.0 Å². The fourth-order valence-corrected chi connectivity index (χ4v) is 7.12. The molecule has 0 radical (unpaired) electrons. The van der Waals surface area contributed by atoms with E-state index in [4.69, 9.17) is 27.7 Å². The zero-order chi connectivity index (χ0) is 43.3. The van der Waals surface area contributed by atoms with Crippen molar-refractivity contribution in [3.63, 3.8) is 0 Å². The SMILES string of the molecule is Cc1ccc(B2OC(C)(C)C(C)(C)O2)cc1C(=O)OCc1ccc2c(c1)C(OS(=O)(=O)C(F)(F)F)=C[C@H](CN(C(=O)OC(C)(C)C)[C@H](C)c1cccc3ccccc13)O2. The maximum Gasteiger partial charge on any atom is 0.534 e. The maximum absolute atomic E-state index is 13.8. The van der Waals surface area contributed by atoms with Crippen molar-refractivity contribution in [1.82, 2.24) is 4.90 Å². The molecule has 0 N–H and O–H groups in total. The summed E-state index contributed by atoms with van der Waals surface area (Å²) in [4.78, 5) is 28.6. The second-order valence-corrected chi connectivity index (χ2v) is 18.2. The van der Waals surface area contributed by atoms with Crippen LogP contribution in [-0.2, 0) is 39.7 Å². The standard InChI is InChI=1S/C43H47BF3NO10S/c1-26-17-19-30(44-57-41(6,7)42(8,9)58-44)22-34(26)38(49)53-25-28-18-20-36-35(21-28)37(56-59(51,52)43(45,46)47)23-31(54-36)24-48(39(50)55-40(3,4)5)27(2)32-16-12-14-29-13-10-11-15-33(29)32/h10-23,27,31H,24-25H2,1-9H3/t27-,31-/m1/s1. The number of carbonyl (C=O) groups is 2. The first kappa shape index (κ1) is 43.5. The summed E-state index contributed by atoms with van der Waals surface area (Å²) in [5, 5.41) is 1.78. The second-order valence-electron chi connectivity index (χ2n) is 16.6. The molecule has 0 aromatic heterocycles. The monoisotopic (exact) mass is 837 g/mol. The predicted molar refractivity (Wildman–Crippen MR) is 216 cm³/mol. The van der Waals surface area contributed by atoms with Gasteiger partial charge in [0.1, 0.15) is 24.1 Å². The number of hydrogen-bond donors (Lipinski definition) is 0. The highest BCUT2D eigenvalue weighted by Gasteiger charge is 2.52. The average molecular weight is 838 g/mol. The van der Waals surface area contributed by atoms with E-state index in [1.165, 1.54) is 23.1 Å². The van der Waals surface area contributed by atoms with Crippen molar-refractivity contribution in [2.75, 3.05) is 6.54 Å². The second kappa shape index (κ2) is 15.8. The fraction of sp³-hybridized carbons (Fsp3) is 0.395. The molecular weight excluding hydrogens is 790 g/mol.